The molecule has 0 saturated heterocycles. The molecule has 4 rings (SSSR count). The normalized spacial score (nSPS) is 11.0. The molecular formula is C22H21N3O2. The summed E-state index contributed by atoms with van der Waals surface area (Å²) in [4.78, 5) is 19.0. The summed E-state index contributed by atoms with van der Waals surface area (Å²) in [5, 5.41) is 0.942. The van der Waals surface area contributed by atoms with Crippen LogP contribution in [0.4, 0.5) is 0 Å². The lowest BCUT2D eigenvalue weighted by Crippen LogP contribution is -2.27. The minimum absolute atomic E-state index is 0.0370. The number of aromatic nitrogens is 2. The fraction of sp³-hybridized carbons (Fsp3) is 0.182. The number of benzene rings is 2. The van der Waals surface area contributed by atoms with E-state index in [0.717, 1.165) is 29.1 Å². The van der Waals surface area contributed by atoms with Crippen LogP contribution in [0, 0.1) is 6.92 Å². The van der Waals surface area contributed by atoms with Crippen molar-refractivity contribution in [1.29, 1.82) is 0 Å². The summed E-state index contributed by atoms with van der Waals surface area (Å²) in [6, 6.07) is 17.7. The second kappa shape index (κ2) is 7.11. The maximum absolute atomic E-state index is 12.8. The molecule has 0 aliphatic rings. The second-order valence-corrected chi connectivity index (χ2v) is 6.73. The highest BCUT2D eigenvalue weighted by Gasteiger charge is 2.16. The first-order chi connectivity index (χ1) is 13.1. The van der Waals surface area contributed by atoms with Crippen LogP contribution in [-0.2, 0) is 13.1 Å². The predicted molar refractivity (Wildman–Crippen MR) is 105 cm³/mol. The molecule has 0 fully saturated rings. The summed E-state index contributed by atoms with van der Waals surface area (Å²) in [5.74, 6) is 1.66. The lowest BCUT2D eigenvalue weighted by atomic mass is 10.1. The third-order valence-electron chi connectivity index (χ3n) is 4.61. The Kier molecular flexibility index (Phi) is 4.50. The molecule has 2 aromatic heterocycles. The Labute approximate surface area is 157 Å². The van der Waals surface area contributed by atoms with Crippen molar-refractivity contribution in [2.45, 2.75) is 20.0 Å². The molecule has 2 aromatic carbocycles. The molecule has 0 saturated carbocycles. The van der Waals surface area contributed by atoms with Crippen molar-refractivity contribution in [3.63, 3.8) is 0 Å². The van der Waals surface area contributed by atoms with E-state index in [1.54, 1.807) is 24.2 Å². The molecule has 5 heteroatoms. The fourth-order valence-corrected chi connectivity index (χ4v) is 3.23. The average Bonchev–Trinajstić information content (AvgIpc) is 3.26. The van der Waals surface area contributed by atoms with E-state index in [1.807, 2.05) is 49.5 Å². The van der Waals surface area contributed by atoms with Gasteiger partial charge in [-0.2, -0.15) is 0 Å². The Bertz CT molecular complexity index is 1080. The molecule has 1 amide bonds. The topological polar surface area (TPSA) is 51.3 Å². The van der Waals surface area contributed by atoms with Crippen LogP contribution >= 0.6 is 0 Å². The number of imidazole rings is 1. The van der Waals surface area contributed by atoms with Crippen molar-refractivity contribution in [1.82, 2.24) is 14.5 Å². The number of nitrogens with zero attached hydrogens (tertiary/aromatic N) is 3. The van der Waals surface area contributed by atoms with Gasteiger partial charge in [0.15, 0.2) is 0 Å². The van der Waals surface area contributed by atoms with Crippen molar-refractivity contribution in [3.05, 3.63) is 89.7 Å². The van der Waals surface area contributed by atoms with E-state index in [2.05, 4.69) is 21.7 Å². The molecular weight excluding hydrogens is 338 g/mol. The van der Waals surface area contributed by atoms with Gasteiger partial charge < -0.3 is 13.9 Å². The quantitative estimate of drug-likeness (QED) is 0.535. The Morgan fingerprint density at radius 2 is 1.96 bits per heavy atom. The monoisotopic (exact) mass is 359 g/mol. The number of fused-ring (bicyclic) bond motifs is 1. The molecule has 4 aromatic rings. The molecule has 0 unspecified atom stereocenters. The number of aryl methyl sites for hydroxylation is 1. The van der Waals surface area contributed by atoms with Gasteiger partial charge >= 0.3 is 0 Å². The number of carbonyl (C=O) groups is 1. The highest BCUT2D eigenvalue weighted by atomic mass is 16.3. The highest BCUT2D eigenvalue weighted by Crippen LogP contribution is 2.21. The predicted octanol–water partition coefficient (Wildman–Crippen LogP) is 4.26. The maximum atomic E-state index is 12.8. The summed E-state index contributed by atoms with van der Waals surface area (Å²) in [7, 11) is 1.80. The van der Waals surface area contributed by atoms with Gasteiger partial charge in [-0.1, -0.05) is 30.3 Å². The number of carbonyl (C=O) groups excluding carboxylic acids is 1. The summed E-state index contributed by atoms with van der Waals surface area (Å²) >= 11 is 0. The van der Waals surface area contributed by atoms with Crippen molar-refractivity contribution in [2.24, 2.45) is 0 Å². The third kappa shape index (κ3) is 3.62. The molecule has 0 spiro atoms. The Morgan fingerprint density at radius 3 is 2.78 bits per heavy atom. The molecule has 0 N–H and O–H groups in total. The molecule has 0 bridgehead atoms. The first-order valence-corrected chi connectivity index (χ1v) is 8.90. The molecule has 27 heavy (non-hydrogen) atoms. The van der Waals surface area contributed by atoms with Gasteiger partial charge in [-0.25, -0.2) is 4.98 Å². The average molecular weight is 359 g/mol. The van der Waals surface area contributed by atoms with Gasteiger partial charge in [0, 0.05) is 36.9 Å². The summed E-state index contributed by atoms with van der Waals surface area (Å²) in [5.41, 5.74) is 2.64. The standard InChI is InChI=1S/C22H21N3O2/c1-16-12-19-13-18(8-9-20(19)27-16)22(26)24(2)15-21-23-10-11-25(21)14-17-6-4-3-5-7-17/h3-13H,14-15H2,1-2H3. The van der Waals surface area contributed by atoms with Gasteiger partial charge in [-0.15, -0.1) is 0 Å². The molecule has 136 valence electrons. The third-order valence-corrected chi connectivity index (χ3v) is 4.61. The van der Waals surface area contributed by atoms with Crippen LogP contribution in [0.2, 0.25) is 0 Å². The minimum Gasteiger partial charge on any atom is -0.461 e. The van der Waals surface area contributed by atoms with Crippen LogP contribution in [0.15, 0.2) is 71.4 Å². The van der Waals surface area contributed by atoms with Crippen LogP contribution in [0.25, 0.3) is 11.0 Å². The first kappa shape index (κ1) is 17.1. The van der Waals surface area contributed by atoms with E-state index in [0.29, 0.717) is 12.1 Å². The molecule has 0 aliphatic heterocycles. The molecule has 5 nitrogen and oxygen atoms in total. The highest BCUT2D eigenvalue weighted by molar-refractivity contribution is 5.97. The number of furan rings is 1. The zero-order valence-electron chi connectivity index (χ0n) is 15.4. The second-order valence-electron chi connectivity index (χ2n) is 6.73. The largest absolute Gasteiger partial charge is 0.461 e. The lowest BCUT2D eigenvalue weighted by Gasteiger charge is -2.18. The SMILES string of the molecule is Cc1cc2cc(C(=O)N(C)Cc3nccn3Cc3ccccc3)ccc2o1. The van der Waals surface area contributed by atoms with Crippen LogP contribution in [0.3, 0.4) is 0 Å². The van der Waals surface area contributed by atoms with Gasteiger partial charge in [0.25, 0.3) is 5.91 Å². The van der Waals surface area contributed by atoms with E-state index in [-0.39, 0.29) is 5.91 Å². The van der Waals surface area contributed by atoms with Crippen LogP contribution in [0.1, 0.15) is 27.5 Å². The van der Waals surface area contributed by atoms with Gasteiger partial charge in [0.05, 0.1) is 6.54 Å². The summed E-state index contributed by atoms with van der Waals surface area (Å²) in [6.07, 6.45) is 3.72. The van der Waals surface area contributed by atoms with Gasteiger partial charge in [0.2, 0.25) is 0 Å². The van der Waals surface area contributed by atoms with E-state index in [4.69, 9.17) is 4.42 Å². The van der Waals surface area contributed by atoms with Crippen LogP contribution < -0.4 is 0 Å². The van der Waals surface area contributed by atoms with Crippen molar-refractivity contribution in [3.8, 4) is 0 Å². The number of rotatable bonds is 5. The van der Waals surface area contributed by atoms with Crippen molar-refractivity contribution in [2.75, 3.05) is 7.05 Å². The smallest absolute Gasteiger partial charge is 0.254 e. The van der Waals surface area contributed by atoms with Gasteiger partial charge in [0.1, 0.15) is 17.2 Å². The summed E-state index contributed by atoms with van der Waals surface area (Å²) < 4.78 is 7.65. The zero-order valence-corrected chi connectivity index (χ0v) is 15.4. The lowest BCUT2D eigenvalue weighted by molar-refractivity contribution is 0.0780. The van der Waals surface area contributed by atoms with Crippen LogP contribution in [0.5, 0.6) is 0 Å². The Balaban J connectivity index is 1.50. The fourth-order valence-electron chi connectivity index (χ4n) is 3.23. The van der Waals surface area contributed by atoms with Crippen molar-refractivity contribution < 1.29 is 9.21 Å². The van der Waals surface area contributed by atoms with Crippen molar-refractivity contribution >= 4 is 16.9 Å². The Hall–Kier alpha value is -3.34. The first-order valence-electron chi connectivity index (χ1n) is 8.90. The molecule has 0 atom stereocenters. The van der Waals surface area contributed by atoms with Gasteiger partial charge in [-0.3, -0.25) is 4.79 Å². The number of hydrogen-bond donors (Lipinski definition) is 0. The zero-order chi connectivity index (χ0) is 18.8. The van der Waals surface area contributed by atoms with E-state index >= 15 is 0 Å². The summed E-state index contributed by atoms with van der Waals surface area (Å²) in [6.45, 7) is 3.08. The van der Waals surface area contributed by atoms with E-state index in [1.165, 1.54) is 5.56 Å². The molecule has 0 aliphatic carbocycles. The van der Waals surface area contributed by atoms with E-state index < -0.39 is 0 Å². The molecule has 0 radical (unpaired) electrons. The minimum atomic E-state index is -0.0370. The Morgan fingerprint density at radius 1 is 1.15 bits per heavy atom. The maximum Gasteiger partial charge on any atom is 0.254 e. The number of amides is 1. The van der Waals surface area contributed by atoms with E-state index in [9.17, 15) is 4.79 Å². The van der Waals surface area contributed by atoms with Gasteiger partial charge in [-0.05, 0) is 36.8 Å². The molecule has 2 heterocycles. The number of hydrogen-bond acceptors (Lipinski definition) is 3. The van der Waals surface area contributed by atoms with Crippen LogP contribution in [-0.4, -0.2) is 27.4 Å².